The summed E-state index contributed by atoms with van der Waals surface area (Å²) in [6.07, 6.45) is 2.17. The average Bonchev–Trinajstić information content (AvgIpc) is 2.89. The molecule has 0 bridgehead atoms. The van der Waals surface area contributed by atoms with E-state index in [9.17, 15) is 4.39 Å². The summed E-state index contributed by atoms with van der Waals surface area (Å²) in [7, 11) is 0. The van der Waals surface area contributed by atoms with Crippen molar-refractivity contribution in [1.82, 2.24) is 0 Å². The summed E-state index contributed by atoms with van der Waals surface area (Å²) in [5.41, 5.74) is 0.687. The minimum absolute atomic E-state index is 0.0434. The number of ether oxygens (including phenoxy) is 1. The molecule has 0 amide bonds. The number of benzene rings is 1. The number of halogens is 2. The van der Waals surface area contributed by atoms with Gasteiger partial charge in [-0.3, -0.25) is 0 Å². The summed E-state index contributed by atoms with van der Waals surface area (Å²) in [5, 5.41) is 11.9. The first kappa shape index (κ1) is 13.3. The van der Waals surface area contributed by atoms with Crippen molar-refractivity contribution in [2.45, 2.75) is 31.9 Å². The molecule has 2 rings (SSSR count). The predicted octanol–water partition coefficient (Wildman–Crippen LogP) is 3.44. The predicted molar refractivity (Wildman–Crippen MR) is 70.9 cm³/mol. The molecule has 5 heteroatoms. The van der Waals surface area contributed by atoms with Gasteiger partial charge in [0.1, 0.15) is 6.07 Å². The topological polar surface area (TPSA) is 45.0 Å². The van der Waals surface area contributed by atoms with Gasteiger partial charge in [0.05, 0.1) is 21.8 Å². The molecule has 2 atom stereocenters. The van der Waals surface area contributed by atoms with Crippen LogP contribution in [0.4, 0.5) is 10.1 Å². The van der Waals surface area contributed by atoms with E-state index in [0.717, 1.165) is 19.4 Å². The van der Waals surface area contributed by atoms with Crippen LogP contribution < -0.4 is 5.32 Å². The molecule has 1 heterocycles. The van der Waals surface area contributed by atoms with Gasteiger partial charge in [-0.25, -0.2) is 4.39 Å². The zero-order chi connectivity index (χ0) is 13.1. The summed E-state index contributed by atoms with van der Waals surface area (Å²) < 4.78 is 19.8. The molecule has 0 saturated carbocycles. The third kappa shape index (κ3) is 2.65. The number of nitriles is 1. The van der Waals surface area contributed by atoms with Crippen LogP contribution >= 0.6 is 15.9 Å². The van der Waals surface area contributed by atoms with E-state index in [1.54, 1.807) is 12.1 Å². The third-order valence-electron chi connectivity index (χ3n) is 3.11. The molecule has 1 fully saturated rings. The van der Waals surface area contributed by atoms with Crippen molar-refractivity contribution in [3.05, 3.63) is 28.0 Å². The van der Waals surface area contributed by atoms with Gasteiger partial charge >= 0.3 is 0 Å². The maximum absolute atomic E-state index is 14.0. The molecule has 0 aromatic heterocycles. The van der Waals surface area contributed by atoms with Gasteiger partial charge in [0.2, 0.25) is 0 Å². The van der Waals surface area contributed by atoms with Gasteiger partial charge in [0.25, 0.3) is 0 Å². The summed E-state index contributed by atoms with van der Waals surface area (Å²) in [5.74, 6) is -0.432. The fourth-order valence-corrected chi connectivity index (χ4v) is 2.52. The van der Waals surface area contributed by atoms with Crippen LogP contribution in [0, 0.1) is 17.1 Å². The molecule has 2 unspecified atom stereocenters. The minimum atomic E-state index is -0.432. The van der Waals surface area contributed by atoms with Gasteiger partial charge in [-0.05, 0) is 47.8 Å². The molecular weight excluding hydrogens is 299 g/mol. The van der Waals surface area contributed by atoms with Crippen molar-refractivity contribution in [3.8, 4) is 6.07 Å². The smallest absolute Gasteiger partial charge is 0.161 e. The Morgan fingerprint density at radius 2 is 2.39 bits per heavy atom. The van der Waals surface area contributed by atoms with Crippen molar-refractivity contribution in [1.29, 1.82) is 5.26 Å². The molecule has 3 nitrogen and oxygen atoms in total. The van der Waals surface area contributed by atoms with Gasteiger partial charge in [-0.15, -0.1) is 0 Å². The Balaban J connectivity index is 2.14. The molecule has 96 valence electrons. The number of nitrogens with zero attached hydrogens (tertiary/aromatic N) is 1. The van der Waals surface area contributed by atoms with E-state index in [1.807, 2.05) is 13.0 Å². The molecule has 0 spiro atoms. The lowest BCUT2D eigenvalue weighted by molar-refractivity contribution is 0.0996. The SMILES string of the molecule is CC(Nc1ccc(C#N)c(Br)c1F)C1CCCO1. The first-order chi connectivity index (χ1) is 8.63. The van der Waals surface area contributed by atoms with E-state index in [0.29, 0.717) is 11.3 Å². The van der Waals surface area contributed by atoms with Gasteiger partial charge in [-0.1, -0.05) is 0 Å². The van der Waals surface area contributed by atoms with Crippen LogP contribution in [0.2, 0.25) is 0 Å². The van der Waals surface area contributed by atoms with Crippen LogP contribution in [0.15, 0.2) is 16.6 Å². The molecule has 1 aromatic rings. The largest absolute Gasteiger partial charge is 0.378 e. The van der Waals surface area contributed by atoms with Crippen LogP contribution in [-0.2, 0) is 4.74 Å². The Kier molecular flexibility index (Phi) is 4.20. The second-order valence-electron chi connectivity index (χ2n) is 4.38. The number of anilines is 1. The summed E-state index contributed by atoms with van der Waals surface area (Å²) in [6.45, 7) is 2.75. The fraction of sp³-hybridized carbons (Fsp3) is 0.462. The van der Waals surface area contributed by atoms with E-state index >= 15 is 0 Å². The Morgan fingerprint density at radius 1 is 1.61 bits per heavy atom. The first-order valence-corrected chi connectivity index (χ1v) is 6.69. The standard InChI is InChI=1S/C13H14BrFN2O/c1-8(11-3-2-6-18-11)17-10-5-4-9(7-16)12(14)13(10)15/h4-5,8,11,17H,2-3,6H2,1H3. The van der Waals surface area contributed by atoms with Crippen LogP contribution in [0.3, 0.4) is 0 Å². The quantitative estimate of drug-likeness (QED) is 0.930. The lowest BCUT2D eigenvalue weighted by Gasteiger charge is -2.21. The van der Waals surface area contributed by atoms with Crippen molar-refractivity contribution in [2.24, 2.45) is 0 Å². The highest BCUT2D eigenvalue weighted by molar-refractivity contribution is 9.10. The monoisotopic (exact) mass is 312 g/mol. The van der Waals surface area contributed by atoms with Gasteiger partial charge in [0, 0.05) is 12.6 Å². The zero-order valence-corrected chi connectivity index (χ0v) is 11.6. The Labute approximate surface area is 114 Å². The summed E-state index contributed by atoms with van der Waals surface area (Å²) in [4.78, 5) is 0. The Bertz CT molecular complexity index is 481. The average molecular weight is 313 g/mol. The fourth-order valence-electron chi connectivity index (χ4n) is 2.08. The van der Waals surface area contributed by atoms with E-state index in [1.165, 1.54) is 0 Å². The van der Waals surface area contributed by atoms with Gasteiger partial charge in [-0.2, -0.15) is 5.26 Å². The Hall–Kier alpha value is -1.12. The molecule has 1 aromatic carbocycles. The highest BCUT2D eigenvalue weighted by atomic mass is 79.9. The number of hydrogen-bond acceptors (Lipinski definition) is 3. The molecule has 1 saturated heterocycles. The zero-order valence-electron chi connectivity index (χ0n) is 10.0. The molecular formula is C13H14BrFN2O. The highest BCUT2D eigenvalue weighted by Gasteiger charge is 2.23. The third-order valence-corrected chi connectivity index (χ3v) is 3.88. The first-order valence-electron chi connectivity index (χ1n) is 5.89. The minimum Gasteiger partial charge on any atom is -0.378 e. The van der Waals surface area contributed by atoms with Crippen molar-refractivity contribution in [2.75, 3.05) is 11.9 Å². The van der Waals surface area contributed by atoms with Crippen molar-refractivity contribution < 1.29 is 9.13 Å². The normalized spacial score (nSPS) is 20.4. The maximum Gasteiger partial charge on any atom is 0.161 e. The maximum atomic E-state index is 14.0. The number of nitrogens with one attached hydrogen (secondary N) is 1. The van der Waals surface area contributed by atoms with E-state index < -0.39 is 5.82 Å². The number of rotatable bonds is 3. The molecule has 1 N–H and O–H groups in total. The van der Waals surface area contributed by atoms with E-state index in [2.05, 4.69) is 21.2 Å². The van der Waals surface area contributed by atoms with Crippen molar-refractivity contribution >= 4 is 21.6 Å². The van der Waals surface area contributed by atoms with E-state index in [-0.39, 0.29) is 16.6 Å². The number of hydrogen-bond donors (Lipinski definition) is 1. The molecule has 0 radical (unpaired) electrons. The Morgan fingerprint density at radius 3 is 3.00 bits per heavy atom. The van der Waals surface area contributed by atoms with Crippen molar-refractivity contribution in [3.63, 3.8) is 0 Å². The lowest BCUT2D eigenvalue weighted by atomic mass is 10.1. The highest BCUT2D eigenvalue weighted by Crippen LogP contribution is 2.28. The van der Waals surface area contributed by atoms with E-state index in [4.69, 9.17) is 10.00 Å². The molecule has 1 aliphatic rings. The van der Waals surface area contributed by atoms with Gasteiger partial charge < -0.3 is 10.1 Å². The molecule has 0 aliphatic carbocycles. The lowest BCUT2D eigenvalue weighted by Crippen LogP contribution is -2.30. The van der Waals surface area contributed by atoms with Gasteiger partial charge in [0.15, 0.2) is 5.82 Å². The second-order valence-corrected chi connectivity index (χ2v) is 5.18. The van der Waals surface area contributed by atoms with Crippen LogP contribution in [0.5, 0.6) is 0 Å². The molecule has 1 aliphatic heterocycles. The molecule has 18 heavy (non-hydrogen) atoms. The van der Waals surface area contributed by atoms with Crippen LogP contribution in [0.25, 0.3) is 0 Å². The van der Waals surface area contributed by atoms with Crippen LogP contribution in [-0.4, -0.2) is 18.8 Å². The van der Waals surface area contributed by atoms with Crippen LogP contribution in [0.1, 0.15) is 25.3 Å². The second kappa shape index (κ2) is 5.68. The summed E-state index contributed by atoms with van der Waals surface area (Å²) in [6, 6.07) is 5.16. The summed E-state index contributed by atoms with van der Waals surface area (Å²) >= 11 is 3.10.